The molecule has 122 valence electrons. The van der Waals surface area contributed by atoms with Crippen molar-refractivity contribution in [1.29, 1.82) is 0 Å². The van der Waals surface area contributed by atoms with Crippen LogP contribution in [0.15, 0.2) is 54.9 Å². The first-order chi connectivity index (χ1) is 11.6. The first kappa shape index (κ1) is 15.7. The van der Waals surface area contributed by atoms with Crippen LogP contribution >= 0.6 is 0 Å². The number of hydrogen-bond donors (Lipinski definition) is 1. The van der Waals surface area contributed by atoms with E-state index in [9.17, 15) is 10.1 Å². The molecule has 0 atom stereocenters. The Balaban J connectivity index is 1.80. The number of aryl methyl sites for hydroxylation is 1. The van der Waals surface area contributed by atoms with Crippen LogP contribution in [-0.4, -0.2) is 26.2 Å². The second-order valence-electron chi connectivity index (χ2n) is 5.39. The summed E-state index contributed by atoms with van der Waals surface area (Å²) in [5, 5.41) is 18.4. The highest BCUT2D eigenvalue weighted by molar-refractivity contribution is 5.65. The molecule has 0 saturated heterocycles. The van der Waals surface area contributed by atoms with Crippen molar-refractivity contribution in [2.75, 3.05) is 11.9 Å². The lowest BCUT2D eigenvalue weighted by Gasteiger charge is -2.08. The van der Waals surface area contributed by atoms with Crippen molar-refractivity contribution in [2.45, 2.75) is 6.42 Å². The minimum absolute atomic E-state index is 0.0318. The maximum absolute atomic E-state index is 11.2. The Hall–Kier alpha value is -3.22. The summed E-state index contributed by atoms with van der Waals surface area (Å²) in [6.07, 6.45) is 4.26. The van der Waals surface area contributed by atoms with Crippen molar-refractivity contribution < 1.29 is 4.92 Å². The smallest absolute Gasteiger partial charge is 0.311 e. The number of pyridine rings is 1. The molecule has 1 N–H and O–H groups in total. The lowest BCUT2D eigenvalue weighted by Crippen LogP contribution is -2.09. The van der Waals surface area contributed by atoms with Crippen LogP contribution in [0.4, 0.5) is 11.5 Å². The minimum atomic E-state index is -0.426. The molecule has 0 aliphatic rings. The molecule has 0 aliphatic heterocycles. The van der Waals surface area contributed by atoms with Gasteiger partial charge in [-0.3, -0.25) is 14.8 Å². The fourth-order valence-electron chi connectivity index (χ4n) is 2.41. The Morgan fingerprint density at radius 1 is 1.21 bits per heavy atom. The topological polar surface area (TPSA) is 85.9 Å². The second-order valence-corrected chi connectivity index (χ2v) is 5.39. The lowest BCUT2D eigenvalue weighted by molar-refractivity contribution is -0.384. The van der Waals surface area contributed by atoms with Crippen molar-refractivity contribution in [3.05, 3.63) is 70.5 Å². The molecule has 0 fully saturated rings. The molecule has 0 amide bonds. The molecular formula is C17H17N5O2. The highest BCUT2D eigenvalue weighted by Gasteiger charge is 2.16. The lowest BCUT2D eigenvalue weighted by atomic mass is 10.1. The summed E-state index contributed by atoms with van der Waals surface area (Å²) in [5.74, 6) is 0.275. The maximum Gasteiger partial charge on any atom is 0.311 e. The predicted octanol–water partition coefficient (Wildman–Crippen LogP) is 3.04. The number of hydrogen-bond acceptors (Lipinski definition) is 5. The normalized spacial score (nSPS) is 10.5. The molecule has 0 bridgehead atoms. The first-order valence-electron chi connectivity index (χ1n) is 7.56. The van der Waals surface area contributed by atoms with Crippen molar-refractivity contribution >= 4 is 11.5 Å². The van der Waals surface area contributed by atoms with Crippen LogP contribution in [0.3, 0.4) is 0 Å². The second kappa shape index (κ2) is 6.91. The van der Waals surface area contributed by atoms with Crippen LogP contribution in [-0.2, 0) is 13.5 Å². The molecule has 2 heterocycles. The molecule has 0 spiro atoms. The van der Waals surface area contributed by atoms with Crippen LogP contribution in [0.2, 0.25) is 0 Å². The number of nitrogens with zero attached hydrogens (tertiary/aromatic N) is 4. The minimum Gasteiger partial charge on any atom is -0.364 e. The van der Waals surface area contributed by atoms with Crippen LogP contribution in [0.1, 0.15) is 5.56 Å². The largest absolute Gasteiger partial charge is 0.364 e. The van der Waals surface area contributed by atoms with Crippen molar-refractivity contribution in [2.24, 2.45) is 7.05 Å². The Kier molecular flexibility index (Phi) is 4.51. The van der Waals surface area contributed by atoms with Crippen LogP contribution in [0.5, 0.6) is 0 Å². The van der Waals surface area contributed by atoms with Gasteiger partial charge in [0, 0.05) is 31.4 Å². The highest BCUT2D eigenvalue weighted by Crippen LogP contribution is 2.26. The monoisotopic (exact) mass is 323 g/mol. The van der Waals surface area contributed by atoms with Gasteiger partial charge in [-0.05, 0) is 18.1 Å². The van der Waals surface area contributed by atoms with Gasteiger partial charge in [0.1, 0.15) is 0 Å². The van der Waals surface area contributed by atoms with Gasteiger partial charge in [-0.15, -0.1) is 0 Å². The van der Waals surface area contributed by atoms with E-state index in [0.717, 1.165) is 17.5 Å². The van der Waals surface area contributed by atoms with E-state index in [4.69, 9.17) is 0 Å². The standard InChI is InChI=1S/C17H17N5O2/c1-21-12-14(11-19-21)15-7-8-16(22(23)24)17(20-15)18-10-9-13-5-3-2-4-6-13/h2-8,11-12H,9-10H2,1H3,(H,18,20). The van der Waals surface area contributed by atoms with E-state index in [1.165, 1.54) is 6.07 Å². The average Bonchev–Trinajstić information content (AvgIpc) is 3.02. The van der Waals surface area contributed by atoms with Gasteiger partial charge in [-0.1, -0.05) is 30.3 Å². The molecule has 24 heavy (non-hydrogen) atoms. The van der Waals surface area contributed by atoms with E-state index in [2.05, 4.69) is 15.4 Å². The SMILES string of the molecule is Cn1cc(-c2ccc([N+](=O)[O-])c(NCCc3ccccc3)n2)cn1. The van der Waals surface area contributed by atoms with Crippen LogP contribution in [0, 0.1) is 10.1 Å². The van der Waals surface area contributed by atoms with Gasteiger partial charge in [0.2, 0.25) is 5.82 Å². The van der Waals surface area contributed by atoms with E-state index in [1.807, 2.05) is 43.6 Å². The summed E-state index contributed by atoms with van der Waals surface area (Å²) in [7, 11) is 1.81. The number of anilines is 1. The summed E-state index contributed by atoms with van der Waals surface area (Å²) >= 11 is 0. The van der Waals surface area contributed by atoms with E-state index < -0.39 is 4.92 Å². The van der Waals surface area contributed by atoms with E-state index >= 15 is 0 Å². The fourth-order valence-corrected chi connectivity index (χ4v) is 2.41. The van der Waals surface area contributed by atoms with Gasteiger partial charge in [-0.25, -0.2) is 4.98 Å². The van der Waals surface area contributed by atoms with Gasteiger partial charge >= 0.3 is 5.69 Å². The van der Waals surface area contributed by atoms with E-state index in [-0.39, 0.29) is 11.5 Å². The molecule has 7 heteroatoms. The summed E-state index contributed by atoms with van der Waals surface area (Å²) in [5.41, 5.74) is 2.60. The first-order valence-corrected chi connectivity index (χ1v) is 7.56. The molecule has 1 aromatic carbocycles. The zero-order chi connectivity index (χ0) is 16.9. The third kappa shape index (κ3) is 3.57. The molecule has 2 aromatic heterocycles. The number of rotatable bonds is 6. The van der Waals surface area contributed by atoms with Gasteiger partial charge < -0.3 is 5.32 Å². The molecule has 0 aliphatic carbocycles. The molecule has 3 rings (SSSR count). The van der Waals surface area contributed by atoms with Crippen molar-refractivity contribution in [3.8, 4) is 11.3 Å². The zero-order valence-corrected chi connectivity index (χ0v) is 13.2. The number of benzene rings is 1. The Morgan fingerprint density at radius 2 is 2.00 bits per heavy atom. The number of nitrogens with one attached hydrogen (secondary N) is 1. The third-order valence-corrected chi connectivity index (χ3v) is 3.62. The zero-order valence-electron chi connectivity index (χ0n) is 13.2. The summed E-state index contributed by atoms with van der Waals surface area (Å²) in [6.45, 7) is 0.564. The quantitative estimate of drug-likeness (QED) is 0.556. The van der Waals surface area contributed by atoms with E-state index in [1.54, 1.807) is 16.9 Å². The maximum atomic E-state index is 11.2. The highest BCUT2D eigenvalue weighted by atomic mass is 16.6. The summed E-state index contributed by atoms with van der Waals surface area (Å²) in [4.78, 5) is 15.2. The van der Waals surface area contributed by atoms with Crippen LogP contribution < -0.4 is 5.32 Å². The molecular weight excluding hydrogens is 306 g/mol. The Morgan fingerprint density at radius 3 is 2.67 bits per heavy atom. The van der Waals surface area contributed by atoms with E-state index in [0.29, 0.717) is 12.2 Å². The third-order valence-electron chi connectivity index (χ3n) is 3.62. The fraction of sp³-hybridized carbons (Fsp3) is 0.176. The summed E-state index contributed by atoms with van der Waals surface area (Å²) < 4.78 is 1.67. The summed E-state index contributed by atoms with van der Waals surface area (Å²) in [6, 6.07) is 13.1. The molecule has 0 unspecified atom stereocenters. The van der Waals surface area contributed by atoms with Gasteiger partial charge in [0.25, 0.3) is 0 Å². The van der Waals surface area contributed by atoms with Crippen LogP contribution in [0.25, 0.3) is 11.3 Å². The molecule has 3 aromatic rings. The molecule has 0 radical (unpaired) electrons. The Labute approximate surface area is 139 Å². The van der Waals surface area contributed by atoms with Gasteiger partial charge in [0.15, 0.2) is 0 Å². The van der Waals surface area contributed by atoms with Gasteiger partial charge in [0.05, 0.1) is 16.8 Å². The number of aromatic nitrogens is 3. The molecule has 7 nitrogen and oxygen atoms in total. The number of nitro groups is 1. The predicted molar refractivity (Wildman–Crippen MR) is 91.7 cm³/mol. The molecule has 0 saturated carbocycles. The average molecular weight is 323 g/mol. The van der Waals surface area contributed by atoms with Crippen molar-refractivity contribution in [1.82, 2.24) is 14.8 Å². The van der Waals surface area contributed by atoms with Crippen molar-refractivity contribution in [3.63, 3.8) is 0 Å². The van der Waals surface area contributed by atoms with Gasteiger partial charge in [-0.2, -0.15) is 5.10 Å². The Bertz CT molecular complexity index is 845.